The zero-order valence-corrected chi connectivity index (χ0v) is 14.3. The van der Waals surface area contributed by atoms with Gasteiger partial charge >= 0.3 is 0 Å². The second-order valence-electron chi connectivity index (χ2n) is 7.79. The van der Waals surface area contributed by atoms with E-state index in [0.29, 0.717) is 11.6 Å². The van der Waals surface area contributed by atoms with Gasteiger partial charge in [0.25, 0.3) is 0 Å². The minimum absolute atomic E-state index is 0.497. The summed E-state index contributed by atoms with van der Waals surface area (Å²) in [6, 6.07) is 0.708. The van der Waals surface area contributed by atoms with Gasteiger partial charge in [-0.25, -0.2) is 0 Å². The van der Waals surface area contributed by atoms with Gasteiger partial charge < -0.3 is 5.32 Å². The average molecular weight is 280 g/mol. The average Bonchev–Trinajstić information content (AvgIpc) is 2.46. The molecule has 2 aliphatic rings. The van der Waals surface area contributed by atoms with Crippen LogP contribution >= 0.6 is 0 Å². The molecule has 2 heteroatoms. The third kappa shape index (κ3) is 3.76. The van der Waals surface area contributed by atoms with Crippen LogP contribution in [0.25, 0.3) is 0 Å². The lowest BCUT2D eigenvalue weighted by Crippen LogP contribution is -2.66. The van der Waals surface area contributed by atoms with E-state index in [4.69, 9.17) is 0 Å². The SMILES string of the molecule is CCC(C)C1CN(CCC(C)C)C2(CCCCC2)CN1. The van der Waals surface area contributed by atoms with Crippen LogP contribution in [0.4, 0.5) is 0 Å². The molecule has 1 heterocycles. The molecule has 1 spiro atoms. The van der Waals surface area contributed by atoms with Crippen LogP contribution in [0.3, 0.4) is 0 Å². The third-order valence-corrected chi connectivity index (χ3v) is 5.87. The Morgan fingerprint density at radius 3 is 2.45 bits per heavy atom. The monoisotopic (exact) mass is 280 g/mol. The highest BCUT2D eigenvalue weighted by Crippen LogP contribution is 2.36. The molecule has 0 radical (unpaired) electrons. The van der Waals surface area contributed by atoms with Crippen molar-refractivity contribution in [3.63, 3.8) is 0 Å². The number of piperazine rings is 1. The van der Waals surface area contributed by atoms with Gasteiger partial charge in [0.05, 0.1) is 0 Å². The Labute approximate surface area is 126 Å². The molecule has 0 bridgehead atoms. The Hall–Kier alpha value is -0.0800. The molecule has 1 aliphatic heterocycles. The van der Waals surface area contributed by atoms with E-state index in [1.165, 1.54) is 64.6 Å². The second-order valence-corrected chi connectivity index (χ2v) is 7.79. The first-order valence-electron chi connectivity index (χ1n) is 9.06. The van der Waals surface area contributed by atoms with E-state index in [1.807, 2.05) is 0 Å². The van der Waals surface area contributed by atoms with E-state index in [-0.39, 0.29) is 0 Å². The van der Waals surface area contributed by atoms with E-state index in [2.05, 4.69) is 37.9 Å². The van der Waals surface area contributed by atoms with Crippen LogP contribution in [0.15, 0.2) is 0 Å². The molecule has 2 nitrogen and oxygen atoms in total. The standard InChI is InChI=1S/C18H36N2/c1-5-16(4)17-13-20(12-9-15(2)3)18(14-19-17)10-7-6-8-11-18/h15-17,19H,5-14H2,1-4H3. The lowest BCUT2D eigenvalue weighted by atomic mass is 9.77. The van der Waals surface area contributed by atoms with Gasteiger partial charge in [0.1, 0.15) is 0 Å². The highest BCUT2D eigenvalue weighted by Gasteiger charge is 2.42. The fourth-order valence-electron chi connectivity index (χ4n) is 4.04. The molecule has 2 fully saturated rings. The van der Waals surface area contributed by atoms with Gasteiger partial charge in [-0.1, -0.05) is 53.4 Å². The number of hydrogen-bond acceptors (Lipinski definition) is 2. The van der Waals surface area contributed by atoms with Gasteiger partial charge in [0.15, 0.2) is 0 Å². The fourth-order valence-corrected chi connectivity index (χ4v) is 4.04. The summed E-state index contributed by atoms with van der Waals surface area (Å²) in [5, 5.41) is 3.91. The predicted molar refractivity (Wildman–Crippen MR) is 88.1 cm³/mol. The zero-order valence-electron chi connectivity index (χ0n) is 14.3. The second kappa shape index (κ2) is 7.26. The van der Waals surface area contributed by atoms with Gasteiger partial charge in [-0.05, 0) is 37.6 Å². The smallest absolute Gasteiger partial charge is 0.0334 e. The molecule has 1 aliphatic carbocycles. The minimum Gasteiger partial charge on any atom is -0.311 e. The van der Waals surface area contributed by atoms with Gasteiger partial charge in [-0.3, -0.25) is 4.90 Å². The van der Waals surface area contributed by atoms with Crippen LogP contribution in [-0.4, -0.2) is 36.1 Å². The fraction of sp³-hybridized carbons (Fsp3) is 1.00. The highest BCUT2D eigenvalue weighted by atomic mass is 15.3. The largest absolute Gasteiger partial charge is 0.311 e. The number of nitrogens with zero attached hydrogens (tertiary/aromatic N) is 1. The summed E-state index contributed by atoms with van der Waals surface area (Å²) < 4.78 is 0. The van der Waals surface area contributed by atoms with Crippen LogP contribution in [0, 0.1) is 11.8 Å². The molecule has 118 valence electrons. The van der Waals surface area contributed by atoms with Crippen molar-refractivity contribution in [2.45, 2.75) is 84.2 Å². The van der Waals surface area contributed by atoms with Crippen molar-refractivity contribution in [3.8, 4) is 0 Å². The molecule has 0 aromatic rings. The lowest BCUT2D eigenvalue weighted by Gasteiger charge is -2.53. The van der Waals surface area contributed by atoms with E-state index >= 15 is 0 Å². The van der Waals surface area contributed by atoms with Gasteiger partial charge in [0, 0.05) is 24.7 Å². The Kier molecular flexibility index (Phi) is 5.92. The Bertz CT molecular complexity index is 281. The van der Waals surface area contributed by atoms with Crippen molar-refractivity contribution in [1.82, 2.24) is 10.2 Å². The van der Waals surface area contributed by atoms with Crippen LogP contribution < -0.4 is 5.32 Å². The van der Waals surface area contributed by atoms with Crippen molar-refractivity contribution in [2.75, 3.05) is 19.6 Å². The molecule has 20 heavy (non-hydrogen) atoms. The summed E-state index contributed by atoms with van der Waals surface area (Å²) in [6.07, 6.45) is 9.82. The molecule has 0 aromatic carbocycles. The predicted octanol–water partition coefficient (Wildman–Crippen LogP) is 4.06. The maximum absolute atomic E-state index is 3.91. The summed E-state index contributed by atoms with van der Waals surface area (Å²) in [6.45, 7) is 13.3. The van der Waals surface area contributed by atoms with Gasteiger partial charge in [0.2, 0.25) is 0 Å². The van der Waals surface area contributed by atoms with Crippen molar-refractivity contribution in [2.24, 2.45) is 11.8 Å². The van der Waals surface area contributed by atoms with Crippen molar-refractivity contribution >= 4 is 0 Å². The Morgan fingerprint density at radius 1 is 1.15 bits per heavy atom. The molecule has 0 amide bonds. The molecule has 0 aromatic heterocycles. The number of rotatable bonds is 5. The normalized spacial score (nSPS) is 28.9. The minimum atomic E-state index is 0.497. The molecule has 1 saturated heterocycles. The molecule has 1 saturated carbocycles. The van der Waals surface area contributed by atoms with E-state index in [9.17, 15) is 0 Å². The van der Waals surface area contributed by atoms with Crippen LogP contribution in [0.1, 0.15) is 72.6 Å². The number of nitrogens with one attached hydrogen (secondary N) is 1. The maximum atomic E-state index is 3.91. The summed E-state index contributed by atoms with van der Waals surface area (Å²) >= 11 is 0. The van der Waals surface area contributed by atoms with Crippen LogP contribution in [0.5, 0.6) is 0 Å². The summed E-state index contributed by atoms with van der Waals surface area (Å²) in [5.74, 6) is 1.63. The molecule has 2 unspecified atom stereocenters. The maximum Gasteiger partial charge on any atom is 0.0334 e. The summed E-state index contributed by atoms with van der Waals surface area (Å²) in [7, 11) is 0. The Balaban J connectivity index is 2.03. The summed E-state index contributed by atoms with van der Waals surface area (Å²) in [4.78, 5) is 2.89. The van der Waals surface area contributed by atoms with E-state index < -0.39 is 0 Å². The third-order valence-electron chi connectivity index (χ3n) is 5.87. The van der Waals surface area contributed by atoms with Crippen LogP contribution in [0.2, 0.25) is 0 Å². The highest BCUT2D eigenvalue weighted by molar-refractivity contribution is 5.01. The zero-order chi connectivity index (χ0) is 14.6. The van der Waals surface area contributed by atoms with Gasteiger partial charge in [-0.2, -0.15) is 0 Å². The first-order chi connectivity index (χ1) is 9.57. The molecule has 2 rings (SSSR count). The first-order valence-corrected chi connectivity index (χ1v) is 9.06. The lowest BCUT2D eigenvalue weighted by molar-refractivity contribution is -0.00224. The molecular formula is C18H36N2. The van der Waals surface area contributed by atoms with Crippen molar-refractivity contribution < 1.29 is 0 Å². The molecule has 2 atom stereocenters. The van der Waals surface area contributed by atoms with Crippen LogP contribution in [-0.2, 0) is 0 Å². The number of hydrogen-bond donors (Lipinski definition) is 1. The Morgan fingerprint density at radius 2 is 1.85 bits per heavy atom. The first kappa shape index (κ1) is 16.3. The van der Waals surface area contributed by atoms with Crippen molar-refractivity contribution in [1.29, 1.82) is 0 Å². The van der Waals surface area contributed by atoms with E-state index in [0.717, 1.165) is 11.8 Å². The molecular weight excluding hydrogens is 244 g/mol. The molecule has 1 N–H and O–H groups in total. The quantitative estimate of drug-likeness (QED) is 0.817. The van der Waals surface area contributed by atoms with E-state index in [1.54, 1.807) is 0 Å². The van der Waals surface area contributed by atoms with Gasteiger partial charge in [-0.15, -0.1) is 0 Å². The topological polar surface area (TPSA) is 15.3 Å². The van der Waals surface area contributed by atoms with Crippen molar-refractivity contribution in [3.05, 3.63) is 0 Å². The summed E-state index contributed by atoms with van der Waals surface area (Å²) in [5.41, 5.74) is 0.497.